The minimum Gasteiger partial charge on any atom is -0.481 e. The fraction of sp³-hybridized carbons (Fsp3) is 0.200. The molecule has 3 aromatic rings. The Morgan fingerprint density at radius 3 is 2.78 bits per heavy atom. The molecule has 2 aromatic carbocycles. The highest BCUT2D eigenvalue weighted by molar-refractivity contribution is 6.33. The largest absolute Gasteiger partial charge is 0.481 e. The van der Waals surface area contributed by atoms with Crippen molar-refractivity contribution in [2.45, 2.75) is 20.0 Å². The van der Waals surface area contributed by atoms with Gasteiger partial charge in [-0.3, -0.25) is 4.79 Å². The van der Waals surface area contributed by atoms with Gasteiger partial charge in [0.05, 0.1) is 5.02 Å². The second-order valence-electron chi connectivity index (χ2n) is 5.89. The normalized spacial score (nSPS) is 12.0. The van der Waals surface area contributed by atoms with Crippen molar-refractivity contribution >= 4 is 28.5 Å². The number of halogens is 2. The predicted octanol–water partition coefficient (Wildman–Crippen LogP) is 4.16. The molecule has 0 aliphatic heterocycles. The van der Waals surface area contributed by atoms with Gasteiger partial charge >= 0.3 is 5.63 Å². The van der Waals surface area contributed by atoms with Crippen LogP contribution >= 0.6 is 11.6 Å². The molecule has 1 atom stereocenters. The molecule has 0 aliphatic carbocycles. The van der Waals surface area contributed by atoms with E-state index in [1.54, 1.807) is 25.1 Å². The summed E-state index contributed by atoms with van der Waals surface area (Å²) in [5, 5.41) is 3.16. The molecule has 0 fully saturated rings. The Balaban J connectivity index is 2.05. The summed E-state index contributed by atoms with van der Waals surface area (Å²) < 4.78 is 24.7. The molecule has 5 nitrogen and oxygen atoms in total. The van der Waals surface area contributed by atoms with Crippen LogP contribution in [-0.4, -0.2) is 18.6 Å². The van der Waals surface area contributed by atoms with Gasteiger partial charge in [0.25, 0.3) is 5.91 Å². The van der Waals surface area contributed by atoms with Crippen molar-refractivity contribution in [2.75, 3.05) is 6.54 Å². The van der Waals surface area contributed by atoms with E-state index in [-0.39, 0.29) is 16.5 Å². The number of carbonyl (C=O) groups is 1. The van der Waals surface area contributed by atoms with Gasteiger partial charge < -0.3 is 14.5 Å². The first-order valence-electron chi connectivity index (χ1n) is 8.37. The molecule has 0 spiro atoms. The highest BCUT2D eigenvalue weighted by Gasteiger charge is 2.16. The van der Waals surface area contributed by atoms with Crippen LogP contribution < -0.4 is 15.7 Å². The van der Waals surface area contributed by atoms with E-state index in [4.69, 9.17) is 20.8 Å². The standard InChI is InChI=1S/C20H17ClFNO4/c1-3-23-20(25)11(2)26-12-7-8-13-15(10-18(24)27-17(13)9-12)14-5-4-6-16(22)19(14)21/h4-11H,3H2,1-2H3,(H,23,25). The number of amides is 1. The van der Waals surface area contributed by atoms with Crippen LogP contribution in [0, 0.1) is 5.82 Å². The number of fused-ring (bicyclic) bond motifs is 1. The number of benzene rings is 2. The first kappa shape index (κ1) is 18.9. The summed E-state index contributed by atoms with van der Waals surface area (Å²) in [6.45, 7) is 3.93. The summed E-state index contributed by atoms with van der Waals surface area (Å²) in [6, 6.07) is 10.5. The summed E-state index contributed by atoms with van der Waals surface area (Å²) in [6.07, 6.45) is -0.713. The molecule has 1 aromatic heterocycles. The van der Waals surface area contributed by atoms with Crippen molar-refractivity contribution in [3.8, 4) is 16.9 Å². The molecule has 27 heavy (non-hydrogen) atoms. The molecule has 140 valence electrons. The second-order valence-corrected chi connectivity index (χ2v) is 6.27. The monoisotopic (exact) mass is 389 g/mol. The van der Waals surface area contributed by atoms with E-state index in [1.165, 1.54) is 24.3 Å². The van der Waals surface area contributed by atoms with Crippen molar-refractivity contribution in [3.05, 3.63) is 63.7 Å². The highest BCUT2D eigenvalue weighted by Crippen LogP contribution is 2.35. The maximum Gasteiger partial charge on any atom is 0.336 e. The van der Waals surface area contributed by atoms with E-state index in [0.29, 0.717) is 28.8 Å². The molecule has 1 amide bonds. The lowest BCUT2D eigenvalue weighted by molar-refractivity contribution is -0.127. The molecule has 3 rings (SSSR count). The third-order valence-electron chi connectivity index (χ3n) is 3.99. The van der Waals surface area contributed by atoms with Gasteiger partial charge in [-0.15, -0.1) is 0 Å². The summed E-state index contributed by atoms with van der Waals surface area (Å²) in [5.41, 5.74) is 0.484. The molecule has 1 heterocycles. The lowest BCUT2D eigenvalue weighted by Gasteiger charge is -2.15. The van der Waals surface area contributed by atoms with Gasteiger partial charge in [0.2, 0.25) is 0 Å². The summed E-state index contributed by atoms with van der Waals surface area (Å²) in [7, 11) is 0. The number of hydrogen-bond donors (Lipinski definition) is 1. The molecule has 7 heteroatoms. The molecular weight excluding hydrogens is 373 g/mol. The van der Waals surface area contributed by atoms with E-state index in [0.717, 1.165) is 0 Å². The van der Waals surface area contributed by atoms with E-state index < -0.39 is 17.5 Å². The molecule has 0 radical (unpaired) electrons. The van der Waals surface area contributed by atoms with Crippen molar-refractivity contribution in [1.29, 1.82) is 0 Å². The smallest absolute Gasteiger partial charge is 0.336 e. The molecule has 1 N–H and O–H groups in total. The van der Waals surface area contributed by atoms with Crippen LogP contribution in [0.25, 0.3) is 22.1 Å². The molecule has 0 bridgehead atoms. The predicted molar refractivity (Wildman–Crippen MR) is 102 cm³/mol. The number of rotatable bonds is 5. The number of hydrogen-bond acceptors (Lipinski definition) is 4. The van der Waals surface area contributed by atoms with E-state index in [2.05, 4.69) is 5.32 Å². The number of carbonyl (C=O) groups excluding carboxylic acids is 1. The van der Waals surface area contributed by atoms with Crippen LogP contribution in [0.4, 0.5) is 4.39 Å². The summed E-state index contributed by atoms with van der Waals surface area (Å²) >= 11 is 6.07. The number of ether oxygens (including phenoxy) is 1. The van der Waals surface area contributed by atoms with Crippen LogP contribution in [0.1, 0.15) is 13.8 Å². The minimum absolute atomic E-state index is 0.0745. The number of likely N-dealkylation sites (N-methyl/N-ethyl adjacent to an activating group) is 1. The maximum absolute atomic E-state index is 13.8. The zero-order valence-corrected chi connectivity index (χ0v) is 15.5. The van der Waals surface area contributed by atoms with Crippen LogP contribution in [0.5, 0.6) is 5.75 Å². The van der Waals surface area contributed by atoms with Gasteiger partial charge in [0.1, 0.15) is 17.1 Å². The fourth-order valence-corrected chi connectivity index (χ4v) is 2.95. The molecule has 0 saturated carbocycles. The van der Waals surface area contributed by atoms with Crippen LogP contribution in [0.2, 0.25) is 5.02 Å². The van der Waals surface area contributed by atoms with Gasteiger partial charge in [-0.2, -0.15) is 0 Å². The van der Waals surface area contributed by atoms with Crippen LogP contribution in [0.3, 0.4) is 0 Å². The SMILES string of the molecule is CCNC(=O)C(C)Oc1ccc2c(-c3cccc(F)c3Cl)cc(=O)oc2c1. The highest BCUT2D eigenvalue weighted by atomic mass is 35.5. The first-order chi connectivity index (χ1) is 12.9. The third-order valence-corrected chi connectivity index (χ3v) is 4.37. The average Bonchev–Trinajstić information content (AvgIpc) is 2.63. The lowest BCUT2D eigenvalue weighted by Crippen LogP contribution is -2.36. The van der Waals surface area contributed by atoms with Gasteiger partial charge in [0.15, 0.2) is 6.10 Å². The van der Waals surface area contributed by atoms with E-state index in [1.807, 2.05) is 6.92 Å². The molecular formula is C20H17ClFNO4. The van der Waals surface area contributed by atoms with E-state index >= 15 is 0 Å². The topological polar surface area (TPSA) is 68.5 Å². The van der Waals surface area contributed by atoms with Crippen molar-refractivity contribution < 1.29 is 18.3 Å². The summed E-state index contributed by atoms with van der Waals surface area (Å²) in [5.74, 6) is -0.461. The molecule has 0 aliphatic rings. The average molecular weight is 390 g/mol. The minimum atomic E-state index is -0.713. The Bertz CT molecular complexity index is 1060. The fourth-order valence-electron chi connectivity index (χ4n) is 2.73. The Kier molecular flexibility index (Phi) is 5.46. The lowest BCUT2D eigenvalue weighted by atomic mass is 10.0. The quantitative estimate of drug-likeness (QED) is 0.665. The first-order valence-corrected chi connectivity index (χ1v) is 8.75. The zero-order valence-electron chi connectivity index (χ0n) is 14.7. The van der Waals surface area contributed by atoms with Crippen molar-refractivity contribution in [3.63, 3.8) is 0 Å². The summed E-state index contributed by atoms with van der Waals surface area (Å²) in [4.78, 5) is 23.8. The van der Waals surface area contributed by atoms with Crippen molar-refractivity contribution in [1.82, 2.24) is 5.32 Å². The number of nitrogens with one attached hydrogen (secondary N) is 1. The van der Waals surface area contributed by atoms with Crippen molar-refractivity contribution in [2.24, 2.45) is 0 Å². The third kappa shape index (κ3) is 3.95. The van der Waals surface area contributed by atoms with E-state index in [9.17, 15) is 14.0 Å². The van der Waals surface area contributed by atoms with Gasteiger partial charge in [-0.1, -0.05) is 23.7 Å². The zero-order chi connectivity index (χ0) is 19.6. The second kappa shape index (κ2) is 7.80. The Hall–Kier alpha value is -2.86. The molecule has 1 unspecified atom stereocenters. The van der Waals surface area contributed by atoms with Crippen LogP contribution in [-0.2, 0) is 4.79 Å². The maximum atomic E-state index is 13.8. The van der Waals surface area contributed by atoms with Gasteiger partial charge in [-0.05, 0) is 32.0 Å². The van der Waals surface area contributed by atoms with Crippen LogP contribution in [0.15, 0.2) is 51.7 Å². The van der Waals surface area contributed by atoms with Gasteiger partial charge in [0, 0.05) is 35.2 Å². The Labute approximate surface area is 159 Å². The Morgan fingerprint density at radius 1 is 1.26 bits per heavy atom. The van der Waals surface area contributed by atoms with Gasteiger partial charge in [-0.25, -0.2) is 9.18 Å². The Morgan fingerprint density at radius 2 is 2.04 bits per heavy atom. The molecule has 0 saturated heterocycles.